The molecule has 0 saturated carbocycles. The molecule has 1 aromatic carbocycles. The van der Waals surface area contributed by atoms with E-state index in [1.165, 1.54) is 31.4 Å². The minimum Gasteiger partial charge on any atom is -0.313 e. The molecule has 0 aromatic heterocycles. The van der Waals surface area contributed by atoms with Crippen LogP contribution in [0.4, 0.5) is 0 Å². The van der Waals surface area contributed by atoms with Crippen molar-refractivity contribution in [1.82, 2.24) is 10.2 Å². The molecule has 0 amide bonds. The third kappa shape index (κ3) is 6.94. The van der Waals surface area contributed by atoms with Gasteiger partial charge in [0.2, 0.25) is 0 Å². The molecule has 0 spiro atoms. The summed E-state index contributed by atoms with van der Waals surface area (Å²) in [5.74, 6) is 0. The fraction of sp³-hybridized carbons (Fsp3) is 0.667. The van der Waals surface area contributed by atoms with E-state index in [1.54, 1.807) is 0 Å². The third-order valence-electron chi connectivity index (χ3n) is 4.11. The number of benzene rings is 1. The Morgan fingerprint density at radius 2 is 1.76 bits per heavy atom. The number of rotatable bonds is 10. The summed E-state index contributed by atoms with van der Waals surface area (Å²) in [5.41, 5.74) is 1.37. The van der Waals surface area contributed by atoms with Gasteiger partial charge in [-0.3, -0.25) is 0 Å². The average molecular weight is 355 g/mol. The summed E-state index contributed by atoms with van der Waals surface area (Å²) in [6.07, 6.45) is 5.11. The monoisotopic (exact) mass is 354 g/mol. The van der Waals surface area contributed by atoms with Crippen molar-refractivity contribution in [1.29, 1.82) is 0 Å². The van der Waals surface area contributed by atoms with Gasteiger partial charge in [-0.15, -0.1) is 0 Å². The quantitative estimate of drug-likeness (QED) is 0.594. The Bertz CT molecular complexity index is 375. The molecule has 2 nitrogen and oxygen atoms in total. The first-order valence-corrected chi connectivity index (χ1v) is 9.04. The van der Waals surface area contributed by atoms with Crippen molar-refractivity contribution >= 4 is 15.9 Å². The molecule has 0 aliphatic carbocycles. The van der Waals surface area contributed by atoms with Crippen LogP contribution in [0.5, 0.6) is 0 Å². The van der Waals surface area contributed by atoms with E-state index in [-0.39, 0.29) is 0 Å². The Morgan fingerprint density at radius 1 is 1.10 bits per heavy atom. The maximum atomic E-state index is 3.50. The van der Waals surface area contributed by atoms with Crippen LogP contribution in [0.3, 0.4) is 0 Å². The molecule has 0 aliphatic heterocycles. The second-order valence-corrected chi connectivity index (χ2v) is 6.93. The number of hydrogen-bond donors (Lipinski definition) is 1. The van der Waals surface area contributed by atoms with Crippen LogP contribution in [0.1, 0.15) is 58.1 Å². The molecule has 1 aromatic rings. The average Bonchev–Trinajstić information content (AvgIpc) is 2.47. The van der Waals surface area contributed by atoms with Gasteiger partial charge in [0.15, 0.2) is 0 Å². The fourth-order valence-electron chi connectivity index (χ4n) is 2.66. The Kier molecular flexibility index (Phi) is 9.21. The molecule has 1 N–H and O–H groups in total. The lowest BCUT2D eigenvalue weighted by Crippen LogP contribution is -2.34. The molecule has 0 fully saturated rings. The van der Waals surface area contributed by atoms with E-state index in [4.69, 9.17) is 0 Å². The minimum absolute atomic E-state index is 0.436. The molecule has 0 radical (unpaired) electrons. The van der Waals surface area contributed by atoms with E-state index >= 15 is 0 Å². The number of hydrogen-bond acceptors (Lipinski definition) is 2. The number of nitrogens with one attached hydrogen (secondary N) is 1. The van der Waals surface area contributed by atoms with Crippen LogP contribution >= 0.6 is 15.9 Å². The topological polar surface area (TPSA) is 15.3 Å². The predicted molar refractivity (Wildman–Crippen MR) is 96.8 cm³/mol. The highest BCUT2D eigenvalue weighted by atomic mass is 79.9. The van der Waals surface area contributed by atoms with Crippen molar-refractivity contribution in [3.05, 3.63) is 34.3 Å². The molecule has 0 saturated heterocycles. The molecular formula is C18H31BrN2. The number of unbranched alkanes of at least 4 members (excludes halogenated alkanes) is 2. The zero-order chi connectivity index (χ0) is 15.7. The molecule has 0 aliphatic rings. The highest BCUT2D eigenvalue weighted by Gasteiger charge is 2.14. The zero-order valence-corrected chi connectivity index (χ0v) is 15.6. The molecule has 1 atom stereocenters. The summed E-state index contributed by atoms with van der Waals surface area (Å²) in [4.78, 5) is 2.61. The Hall–Kier alpha value is -0.380. The summed E-state index contributed by atoms with van der Waals surface area (Å²) in [5, 5.41) is 3.46. The second kappa shape index (κ2) is 10.4. The van der Waals surface area contributed by atoms with Gasteiger partial charge in [-0.2, -0.15) is 0 Å². The van der Waals surface area contributed by atoms with E-state index in [0.717, 1.165) is 17.4 Å². The van der Waals surface area contributed by atoms with Crippen molar-refractivity contribution in [2.75, 3.05) is 20.1 Å². The van der Waals surface area contributed by atoms with Crippen LogP contribution in [0.25, 0.3) is 0 Å². The van der Waals surface area contributed by atoms with E-state index < -0.39 is 0 Å². The van der Waals surface area contributed by atoms with Gasteiger partial charge in [0.05, 0.1) is 0 Å². The zero-order valence-electron chi connectivity index (χ0n) is 14.0. The fourth-order valence-corrected chi connectivity index (χ4v) is 2.93. The van der Waals surface area contributed by atoms with E-state index in [9.17, 15) is 0 Å². The molecule has 120 valence electrons. The van der Waals surface area contributed by atoms with Gasteiger partial charge in [-0.05, 0) is 58.0 Å². The molecular weight excluding hydrogens is 324 g/mol. The summed E-state index contributed by atoms with van der Waals surface area (Å²) in [7, 11) is 2.06. The van der Waals surface area contributed by atoms with Gasteiger partial charge in [0.25, 0.3) is 0 Å². The minimum atomic E-state index is 0.436. The van der Waals surface area contributed by atoms with Crippen molar-refractivity contribution in [3.8, 4) is 0 Å². The van der Waals surface area contributed by atoms with Crippen molar-refractivity contribution < 1.29 is 0 Å². The van der Waals surface area contributed by atoms with E-state index in [1.807, 2.05) is 0 Å². The van der Waals surface area contributed by atoms with E-state index in [2.05, 4.69) is 78.2 Å². The highest BCUT2D eigenvalue weighted by Crippen LogP contribution is 2.20. The maximum absolute atomic E-state index is 3.50. The lowest BCUT2D eigenvalue weighted by molar-refractivity contribution is 0.206. The third-order valence-corrected chi connectivity index (χ3v) is 4.63. The summed E-state index contributed by atoms with van der Waals surface area (Å²) in [6, 6.07) is 9.74. The number of nitrogens with zero attached hydrogens (tertiary/aromatic N) is 1. The lowest BCUT2D eigenvalue weighted by Gasteiger charge is -2.28. The van der Waals surface area contributed by atoms with Gasteiger partial charge < -0.3 is 10.2 Å². The van der Waals surface area contributed by atoms with Gasteiger partial charge >= 0.3 is 0 Å². The molecule has 1 unspecified atom stereocenters. The van der Waals surface area contributed by atoms with Crippen LogP contribution in [0.2, 0.25) is 0 Å². The molecule has 3 heteroatoms. The van der Waals surface area contributed by atoms with E-state index in [0.29, 0.717) is 12.1 Å². The SMILES string of the molecule is CCCCCN(CCC(NC)c1ccc(Br)cc1)C(C)C. The maximum Gasteiger partial charge on any atom is 0.0329 e. The van der Waals surface area contributed by atoms with Crippen molar-refractivity contribution in [2.24, 2.45) is 0 Å². The standard InChI is InChI=1S/C18H31BrN2/c1-5-6-7-13-21(15(2)3)14-12-18(20-4)16-8-10-17(19)11-9-16/h8-11,15,18,20H,5-7,12-14H2,1-4H3. The van der Waals surface area contributed by atoms with Crippen LogP contribution in [-0.4, -0.2) is 31.1 Å². The molecule has 0 heterocycles. The van der Waals surface area contributed by atoms with Crippen LogP contribution < -0.4 is 5.32 Å². The van der Waals surface area contributed by atoms with Gasteiger partial charge in [-0.1, -0.05) is 47.8 Å². The first kappa shape index (κ1) is 18.7. The second-order valence-electron chi connectivity index (χ2n) is 6.02. The largest absolute Gasteiger partial charge is 0.313 e. The predicted octanol–water partition coefficient (Wildman–Crippen LogP) is 5.00. The van der Waals surface area contributed by atoms with Crippen LogP contribution in [0, 0.1) is 0 Å². The first-order chi connectivity index (χ1) is 10.1. The van der Waals surface area contributed by atoms with Crippen LogP contribution in [-0.2, 0) is 0 Å². The molecule has 21 heavy (non-hydrogen) atoms. The summed E-state index contributed by atoms with van der Waals surface area (Å²) < 4.78 is 1.14. The lowest BCUT2D eigenvalue weighted by atomic mass is 10.0. The Balaban J connectivity index is 2.53. The number of halogens is 1. The normalized spacial score (nSPS) is 13.1. The smallest absolute Gasteiger partial charge is 0.0329 e. The molecule has 1 rings (SSSR count). The summed E-state index contributed by atoms with van der Waals surface area (Å²) >= 11 is 3.50. The Morgan fingerprint density at radius 3 is 2.29 bits per heavy atom. The van der Waals surface area contributed by atoms with Gasteiger partial charge in [-0.25, -0.2) is 0 Å². The van der Waals surface area contributed by atoms with Crippen molar-refractivity contribution in [2.45, 2.75) is 58.5 Å². The first-order valence-electron chi connectivity index (χ1n) is 8.25. The van der Waals surface area contributed by atoms with Crippen LogP contribution in [0.15, 0.2) is 28.7 Å². The Labute approximate surface area is 139 Å². The molecule has 0 bridgehead atoms. The van der Waals surface area contributed by atoms with Gasteiger partial charge in [0, 0.05) is 23.1 Å². The van der Waals surface area contributed by atoms with Gasteiger partial charge in [0.1, 0.15) is 0 Å². The van der Waals surface area contributed by atoms with Crippen molar-refractivity contribution in [3.63, 3.8) is 0 Å². The summed E-state index contributed by atoms with van der Waals surface area (Å²) in [6.45, 7) is 9.26. The highest BCUT2D eigenvalue weighted by molar-refractivity contribution is 9.10.